The van der Waals surface area contributed by atoms with E-state index in [1.165, 1.54) is 41.1 Å². The average Bonchev–Trinajstić information content (AvgIpc) is 2.63. The number of halogens is 3. The second kappa shape index (κ2) is 7.49. The van der Waals surface area contributed by atoms with E-state index in [9.17, 15) is 22.8 Å². The molecule has 4 nitrogen and oxygen atoms in total. The highest BCUT2D eigenvalue weighted by Gasteiger charge is 2.33. The zero-order valence-electron chi connectivity index (χ0n) is 14.0. The van der Waals surface area contributed by atoms with Crippen LogP contribution >= 0.6 is 0 Å². The topological polar surface area (TPSA) is 51.1 Å². The number of carbonyl (C=O) groups excluding carboxylic acids is 1. The minimum absolute atomic E-state index is 0.112. The fourth-order valence-electron chi connectivity index (χ4n) is 2.68. The third-order valence-corrected chi connectivity index (χ3v) is 3.90. The molecule has 138 valence electrons. The molecule has 1 heterocycles. The molecule has 0 unspecified atom stereocenters. The Kier molecular flexibility index (Phi) is 5.12. The van der Waals surface area contributed by atoms with E-state index >= 15 is 0 Å². The highest BCUT2D eigenvalue weighted by molar-refractivity contribution is 5.92. The van der Waals surface area contributed by atoms with Gasteiger partial charge in [-0.25, -0.2) is 0 Å². The summed E-state index contributed by atoms with van der Waals surface area (Å²) in [7, 11) is 0. The van der Waals surface area contributed by atoms with E-state index < -0.39 is 24.1 Å². The summed E-state index contributed by atoms with van der Waals surface area (Å²) in [6, 6.07) is 16.4. The van der Waals surface area contributed by atoms with Crippen LogP contribution in [-0.2, 0) is 17.4 Å². The number of benzene rings is 2. The highest BCUT2D eigenvalue weighted by Crippen LogP contribution is 2.32. The van der Waals surface area contributed by atoms with Crippen LogP contribution in [0, 0.1) is 0 Å². The Hall–Kier alpha value is -3.35. The fraction of sp³-hybridized carbons (Fsp3) is 0.100. The van der Waals surface area contributed by atoms with E-state index in [2.05, 4.69) is 5.32 Å². The first-order valence-electron chi connectivity index (χ1n) is 8.08. The number of pyridine rings is 1. The Bertz CT molecular complexity index is 1010. The molecule has 0 saturated heterocycles. The van der Waals surface area contributed by atoms with Crippen LogP contribution in [0.25, 0.3) is 5.69 Å². The van der Waals surface area contributed by atoms with E-state index in [4.69, 9.17) is 0 Å². The molecular weight excluding hydrogens is 357 g/mol. The van der Waals surface area contributed by atoms with E-state index in [-0.39, 0.29) is 11.1 Å². The van der Waals surface area contributed by atoms with Gasteiger partial charge in [-0.05, 0) is 29.8 Å². The smallest absolute Gasteiger partial charge is 0.324 e. The molecule has 3 aromatic rings. The Morgan fingerprint density at radius 3 is 2.30 bits per heavy atom. The molecule has 0 bridgehead atoms. The van der Waals surface area contributed by atoms with Crippen molar-refractivity contribution in [1.82, 2.24) is 4.57 Å². The zero-order chi connectivity index (χ0) is 19.4. The molecule has 2 aromatic carbocycles. The lowest BCUT2D eigenvalue weighted by Gasteiger charge is -2.13. The van der Waals surface area contributed by atoms with Crippen molar-refractivity contribution >= 4 is 11.6 Å². The minimum atomic E-state index is -4.53. The number of rotatable bonds is 4. The first kappa shape index (κ1) is 18.4. The summed E-state index contributed by atoms with van der Waals surface area (Å²) in [4.78, 5) is 24.3. The van der Waals surface area contributed by atoms with Gasteiger partial charge in [0.05, 0.1) is 17.7 Å². The predicted octanol–water partition coefficient (Wildman–Crippen LogP) is 4.04. The lowest BCUT2D eigenvalue weighted by Crippen LogP contribution is -2.21. The standard InChI is InChI=1S/C20H15F3N2O2/c21-20(22,23)17-9-5-4-6-14(17)12-18(26)24-15-10-11-19(27)25(13-15)16-7-2-1-3-8-16/h1-11,13H,12H2,(H,24,26). The predicted molar refractivity (Wildman–Crippen MR) is 95.8 cm³/mol. The van der Waals surface area contributed by atoms with Crippen molar-refractivity contribution in [3.05, 3.63) is 94.4 Å². The van der Waals surface area contributed by atoms with Crippen LogP contribution < -0.4 is 10.9 Å². The van der Waals surface area contributed by atoms with Gasteiger partial charge in [0.1, 0.15) is 0 Å². The van der Waals surface area contributed by atoms with Gasteiger partial charge in [-0.15, -0.1) is 0 Å². The summed E-state index contributed by atoms with van der Waals surface area (Å²) in [5.74, 6) is -0.607. The molecule has 0 fully saturated rings. The second-order valence-corrected chi connectivity index (χ2v) is 5.84. The van der Waals surface area contributed by atoms with Gasteiger partial charge in [-0.3, -0.25) is 14.2 Å². The molecule has 3 rings (SSSR count). The maximum atomic E-state index is 13.0. The van der Waals surface area contributed by atoms with Gasteiger partial charge < -0.3 is 5.32 Å². The van der Waals surface area contributed by atoms with Crippen LogP contribution in [0.3, 0.4) is 0 Å². The third kappa shape index (κ3) is 4.44. The van der Waals surface area contributed by atoms with E-state index in [1.54, 1.807) is 30.3 Å². The number of alkyl halides is 3. The monoisotopic (exact) mass is 372 g/mol. The Morgan fingerprint density at radius 2 is 1.59 bits per heavy atom. The van der Waals surface area contributed by atoms with Gasteiger partial charge in [-0.1, -0.05) is 36.4 Å². The second-order valence-electron chi connectivity index (χ2n) is 5.84. The van der Waals surface area contributed by atoms with Gasteiger partial charge in [0.2, 0.25) is 5.91 Å². The molecule has 0 atom stereocenters. The molecule has 0 aliphatic rings. The molecular formula is C20H15F3N2O2. The molecule has 0 spiro atoms. The first-order chi connectivity index (χ1) is 12.8. The van der Waals surface area contributed by atoms with Crippen molar-refractivity contribution in [2.75, 3.05) is 5.32 Å². The van der Waals surface area contributed by atoms with Gasteiger partial charge >= 0.3 is 6.18 Å². The SMILES string of the molecule is O=C(Cc1ccccc1C(F)(F)F)Nc1ccc(=O)n(-c2ccccc2)c1. The van der Waals surface area contributed by atoms with E-state index in [1.807, 2.05) is 0 Å². The number of para-hydroxylation sites is 1. The van der Waals surface area contributed by atoms with Crippen molar-refractivity contribution < 1.29 is 18.0 Å². The van der Waals surface area contributed by atoms with Crippen LogP contribution in [-0.4, -0.2) is 10.5 Å². The van der Waals surface area contributed by atoms with Crippen LogP contribution in [0.1, 0.15) is 11.1 Å². The molecule has 1 amide bonds. The lowest BCUT2D eigenvalue weighted by atomic mass is 10.0. The largest absolute Gasteiger partial charge is 0.416 e. The number of hydrogen-bond donors (Lipinski definition) is 1. The molecule has 27 heavy (non-hydrogen) atoms. The normalized spacial score (nSPS) is 11.2. The van der Waals surface area contributed by atoms with Crippen molar-refractivity contribution in [3.63, 3.8) is 0 Å². The van der Waals surface area contributed by atoms with Crippen LogP contribution in [0.4, 0.5) is 18.9 Å². The molecule has 7 heteroatoms. The Balaban J connectivity index is 1.81. The maximum absolute atomic E-state index is 13.0. The van der Waals surface area contributed by atoms with Gasteiger partial charge in [-0.2, -0.15) is 13.2 Å². The summed E-state index contributed by atoms with van der Waals surface area (Å²) in [5, 5.41) is 2.54. The zero-order valence-corrected chi connectivity index (χ0v) is 14.0. The summed E-state index contributed by atoms with van der Waals surface area (Å²) in [6.45, 7) is 0. The van der Waals surface area contributed by atoms with Crippen molar-refractivity contribution in [1.29, 1.82) is 0 Å². The van der Waals surface area contributed by atoms with Crippen molar-refractivity contribution in [2.45, 2.75) is 12.6 Å². The maximum Gasteiger partial charge on any atom is 0.416 e. The molecule has 1 aromatic heterocycles. The number of aromatic nitrogens is 1. The van der Waals surface area contributed by atoms with Crippen LogP contribution in [0.2, 0.25) is 0 Å². The number of amides is 1. The van der Waals surface area contributed by atoms with Crippen molar-refractivity contribution in [2.24, 2.45) is 0 Å². The summed E-state index contributed by atoms with van der Waals surface area (Å²) in [6.07, 6.45) is -3.53. The molecule has 0 radical (unpaired) electrons. The number of nitrogens with one attached hydrogen (secondary N) is 1. The quantitative estimate of drug-likeness (QED) is 0.752. The summed E-state index contributed by atoms with van der Waals surface area (Å²) < 4.78 is 40.5. The lowest BCUT2D eigenvalue weighted by molar-refractivity contribution is -0.138. The first-order valence-corrected chi connectivity index (χ1v) is 8.08. The number of hydrogen-bond acceptors (Lipinski definition) is 2. The van der Waals surface area contributed by atoms with Gasteiger partial charge in [0.25, 0.3) is 5.56 Å². The van der Waals surface area contributed by atoms with E-state index in [0.29, 0.717) is 11.4 Å². The van der Waals surface area contributed by atoms with E-state index in [0.717, 1.165) is 6.07 Å². The third-order valence-electron chi connectivity index (χ3n) is 3.90. The van der Waals surface area contributed by atoms with Gasteiger partial charge in [0.15, 0.2) is 0 Å². The van der Waals surface area contributed by atoms with Crippen LogP contribution in [0.15, 0.2) is 77.7 Å². The number of nitrogens with zero attached hydrogens (tertiary/aromatic N) is 1. The van der Waals surface area contributed by atoms with Crippen LogP contribution in [0.5, 0.6) is 0 Å². The molecule has 0 saturated carbocycles. The summed E-state index contributed by atoms with van der Waals surface area (Å²) in [5.41, 5.74) is -0.316. The fourth-order valence-corrected chi connectivity index (χ4v) is 2.68. The van der Waals surface area contributed by atoms with Gasteiger partial charge in [0, 0.05) is 18.0 Å². The number of carbonyl (C=O) groups is 1. The molecule has 0 aliphatic carbocycles. The van der Waals surface area contributed by atoms with Crippen molar-refractivity contribution in [3.8, 4) is 5.69 Å². The molecule has 0 aliphatic heterocycles. The Morgan fingerprint density at radius 1 is 0.926 bits per heavy atom. The minimum Gasteiger partial charge on any atom is -0.324 e. The average molecular weight is 372 g/mol. The molecule has 1 N–H and O–H groups in total. The Labute approximate surface area is 152 Å². The number of anilines is 1. The summed E-state index contributed by atoms with van der Waals surface area (Å²) >= 11 is 0. The highest BCUT2D eigenvalue weighted by atomic mass is 19.4.